The number of aryl methyl sites for hydroxylation is 1. The molecular formula is C13H21NO3. The van der Waals surface area contributed by atoms with Gasteiger partial charge in [-0.15, -0.1) is 0 Å². The molecule has 4 nitrogen and oxygen atoms in total. The average molecular weight is 239 g/mol. The maximum Gasteiger partial charge on any atom is 0.0945 e. The third kappa shape index (κ3) is 5.68. The first-order chi connectivity index (χ1) is 8.24. The maximum atomic E-state index is 9.67. The molecule has 0 amide bonds. The molecule has 17 heavy (non-hydrogen) atoms. The molecule has 0 fully saturated rings. The highest BCUT2D eigenvalue weighted by Crippen LogP contribution is 2.12. The summed E-state index contributed by atoms with van der Waals surface area (Å²) < 4.78 is 10.1. The lowest BCUT2D eigenvalue weighted by molar-refractivity contribution is 0.0182. The zero-order chi connectivity index (χ0) is 12.5. The van der Waals surface area contributed by atoms with Gasteiger partial charge in [-0.25, -0.2) is 0 Å². The standard InChI is InChI=1S/C13H21NO3/c1-11-5-3-4-6-13(11)14-9-12(15)10-17-8-7-16-2/h3-6,12,14-15H,7-10H2,1-2H3. The fraction of sp³-hybridized carbons (Fsp3) is 0.538. The number of hydrogen-bond acceptors (Lipinski definition) is 4. The van der Waals surface area contributed by atoms with E-state index in [1.54, 1.807) is 7.11 Å². The number of aliphatic hydroxyl groups excluding tert-OH is 1. The van der Waals surface area contributed by atoms with Gasteiger partial charge < -0.3 is 19.9 Å². The lowest BCUT2D eigenvalue weighted by atomic mass is 10.2. The molecule has 0 aliphatic rings. The Balaban J connectivity index is 2.19. The van der Waals surface area contributed by atoms with Crippen molar-refractivity contribution >= 4 is 5.69 Å². The van der Waals surface area contributed by atoms with Crippen LogP contribution in [0.25, 0.3) is 0 Å². The van der Waals surface area contributed by atoms with Crippen molar-refractivity contribution in [2.45, 2.75) is 13.0 Å². The molecule has 4 heteroatoms. The predicted molar refractivity (Wildman–Crippen MR) is 68.4 cm³/mol. The molecule has 1 aromatic carbocycles. The smallest absolute Gasteiger partial charge is 0.0945 e. The molecule has 0 heterocycles. The highest BCUT2D eigenvalue weighted by Gasteiger charge is 2.04. The van der Waals surface area contributed by atoms with Crippen LogP contribution in [0.3, 0.4) is 0 Å². The van der Waals surface area contributed by atoms with E-state index in [0.29, 0.717) is 26.4 Å². The molecule has 1 atom stereocenters. The second kappa shape index (κ2) is 8.06. The van der Waals surface area contributed by atoms with E-state index in [1.807, 2.05) is 31.2 Å². The minimum atomic E-state index is -0.508. The first kappa shape index (κ1) is 14.0. The van der Waals surface area contributed by atoms with Gasteiger partial charge in [0.15, 0.2) is 0 Å². The highest BCUT2D eigenvalue weighted by atomic mass is 16.5. The Morgan fingerprint density at radius 3 is 2.76 bits per heavy atom. The SMILES string of the molecule is COCCOCC(O)CNc1ccccc1C. The van der Waals surface area contributed by atoms with Crippen LogP contribution >= 0.6 is 0 Å². The van der Waals surface area contributed by atoms with Crippen LogP contribution in [-0.2, 0) is 9.47 Å². The Kier molecular flexibility index (Phi) is 6.62. The van der Waals surface area contributed by atoms with Crippen LogP contribution in [0.4, 0.5) is 5.69 Å². The molecule has 0 aromatic heterocycles. The second-order valence-corrected chi connectivity index (χ2v) is 3.92. The van der Waals surface area contributed by atoms with Gasteiger partial charge in [-0.05, 0) is 18.6 Å². The molecule has 0 aliphatic heterocycles. The summed E-state index contributed by atoms with van der Waals surface area (Å²) in [6.07, 6.45) is -0.508. The normalized spacial score (nSPS) is 12.4. The zero-order valence-electron chi connectivity index (χ0n) is 10.5. The van der Waals surface area contributed by atoms with Crippen LogP contribution in [0.5, 0.6) is 0 Å². The lowest BCUT2D eigenvalue weighted by Gasteiger charge is -2.14. The highest BCUT2D eigenvalue weighted by molar-refractivity contribution is 5.50. The average Bonchev–Trinajstić information content (AvgIpc) is 2.34. The van der Waals surface area contributed by atoms with Crippen molar-refractivity contribution in [1.29, 1.82) is 0 Å². The molecule has 96 valence electrons. The van der Waals surface area contributed by atoms with Crippen LogP contribution in [0.2, 0.25) is 0 Å². The van der Waals surface area contributed by atoms with Gasteiger partial charge in [-0.2, -0.15) is 0 Å². The molecule has 1 unspecified atom stereocenters. The number of nitrogens with one attached hydrogen (secondary N) is 1. The molecule has 0 spiro atoms. The fourth-order valence-electron chi connectivity index (χ4n) is 1.42. The number of methoxy groups -OCH3 is 1. The van der Waals surface area contributed by atoms with E-state index in [1.165, 1.54) is 5.56 Å². The molecule has 1 aromatic rings. The number of ether oxygens (including phenoxy) is 2. The van der Waals surface area contributed by atoms with Gasteiger partial charge >= 0.3 is 0 Å². The molecule has 0 aliphatic carbocycles. The summed E-state index contributed by atoms with van der Waals surface area (Å²) in [4.78, 5) is 0. The molecule has 1 rings (SSSR count). The number of para-hydroxylation sites is 1. The maximum absolute atomic E-state index is 9.67. The van der Waals surface area contributed by atoms with Crippen LogP contribution in [0.1, 0.15) is 5.56 Å². The number of benzene rings is 1. The van der Waals surface area contributed by atoms with E-state index < -0.39 is 6.10 Å². The number of anilines is 1. The number of aliphatic hydroxyl groups is 1. The van der Waals surface area contributed by atoms with Gasteiger partial charge in [0, 0.05) is 19.3 Å². The van der Waals surface area contributed by atoms with Gasteiger partial charge in [0.05, 0.1) is 25.9 Å². The second-order valence-electron chi connectivity index (χ2n) is 3.92. The van der Waals surface area contributed by atoms with Crippen molar-refractivity contribution in [2.24, 2.45) is 0 Å². The minimum Gasteiger partial charge on any atom is -0.389 e. The molecular weight excluding hydrogens is 218 g/mol. The van der Waals surface area contributed by atoms with Crippen LogP contribution in [-0.4, -0.2) is 44.7 Å². The topological polar surface area (TPSA) is 50.7 Å². The van der Waals surface area contributed by atoms with E-state index >= 15 is 0 Å². The lowest BCUT2D eigenvalue weighted by Crippen LogP contribution is -2.25. The molecule has 0 radical (unpaired) electrons. The van der Waals surface area contributed by atoms with E-state index in [2.05, 4.69) is 5.32 Å². The number of rotatable bonds is 8. The van der Waals surface area contributed by atoms with Gasteiger partial charge in [0.25, 0.3) is 0 Å². The van der Waals surface area contributed by atoms with Crippen molar-refractivity contribution in [3.8, 4) is 0 Å². The Bertz CT molecular complexity index is 317. The third-order valence-corrected chi connectivity index (χ3v) is 2.42. The van der Waals surface area contributed by atoms with Gasteiger partial charge in [-0.1, -0.05) is 18.2 Å². The molecule has 0 bridgehead atoms. The van der Waals surface area contributed by atoms with Crippen LogP contribution in [0.15, 0.2) is 24.3 Å². The summed E-state index contributed by atoms with van der Waals surface area (Å²) in [5, 5.41) is 12.9. The van der Waals surface area contributed by atoms with Crippen molar-refractivity contribution in [3.63, 3.8) is 0 Å². The fourth-order valence-corrected chi connectivity index (χ4v) is 1.42. The van der Waals surface area contributed by atoms with Crippen molar-refractivity contribution in [2.75, 3.05) is 38.8 Å². The Labute approximate surface area is 103 Å². The summed E-state index contributed by atoms with van der Waals surface area (Å²) in [6, 6.07) is 7.99. The van der Waals surface area contributed by atoms with Crippen molar-refractivity contribution in [3.05, 3.63) is 29.8 Å². The van der Waals surface area contributed by atoms with E-state index in [0.717, 1.165) is 5.69 Å². The molecule has 0 saturated carbocycles. The number of hydrogen-bond donors (Lipinski definition) is 2. The van der Waals surface area contributed by atoms with E-state index in [9.17, 15) is 5.11 Å². The summed E-state index contributed by atoms with van der Waals surface area (Å²) in [6.45, 7) is 3.90. The van der Waals surface area contributed by atoms with Gasteiger partial charge in [0.2, 0.25) is 0 Å². The largest absolute Gasteiger partial charge is 0.389 e. The van der Waals surface area contributed by atoms with E-state index in [4.69, 9.17) is 9.47 Å². The first-order valence-corrected chi connectivity index (χ1v) is 5.78. The molecule has 2 N–H and O–H groups in total. The monoisotopic (exact) mass is 239 g/mol. The Morgan fingerprint density at radius 2 is 2.06 bits per heavy atom. The van der Waals surface area contributed by atoms with E-state index in [-0.39, 0.29) is 0 Å². The summed E-state index contributed by atoms with van der Waals surface area (Å²) in [7, 11) is 1.62. The quantitative estimate of drug-likeness (QED) is 0.674. The first-order valence-electron chi connectivity index (χ1n) is 5.78. The Hall–Kier alpha value is -1.10. The van der Waals surface area contributed by atoms with Crippen molar-refractivity contribution < 1.29 is 14.6 Å². The van der Waals surface area contributed by atoms with Gasteiger partial charge in [-0.3, -0.25) is 0 Å². The van der Waals surface area contributed by atoms with Crippen molar-refractivity contribution in [1.82, 2.24) is 0 Å². The summed E-state index contributed by atoms with van der Waals surface area (Å²) in [5.74, 6) is 0. The summed E-state index contributed by atoms with van der Waals surface area (Å²) >= 11 is 0. The third-order valence-electron chi connectivity index (χ3n) is 2.42. The predicted octanol–water partition coefficient (Wildman–Crippen LogP) is 1.43. The molecule has 0 saturated heterocycles. The minimum absolute atomic E-state index is 0.322. The Morgan fingerprint density at radius 1 is 1.29 bits per heavy atom. The van der Waals surface area contributed by atoms with Crippen LogP contribution < -0.4 is 5.32 Å². The zero-order valence-corrected chi connectivity index (χ0v) is 10.5. The summed E-state index contributed by atoms with van der Waals surface area (Å²) in [5.41, 5.74) is 2.21. The van der Waals surface area contributed by atoms with Crippen LogP contribution in [0, 0.1) is 6.92 Å². The van der Waals surface area contributed by atoms with Gasteiger partial charge in [0.1, 0.15) is 0 Å².